The number of anilines is 1. The lowest BCUT2D eigenvalue weighted by atomic mass is 9.92. The van der Waals surface area contributed by atoms with Crippen molar-refractivity contribution in [2.45, 2.75) is 44.0 Å². The topological polar surface area (TPSA) is 72.2 Å². The van der Waals surface area contributed by atoms with E-state index in [9.17, 15) is 17.2 Å². The van der Waals surface area contributed by atoms with Gasteiger partial charge in [-0.1, -0.05) is 13.8 Å². The maximum Gasteiger partial charge on any atom is 0.246 e. The summed E-state index contributed by atoms with van der Waals surface area (Å²) in [5.41, 5.74) is 5.16. The van der Waals surface area contributed by atoms with E-state index in [0.717, 1.165) is 18.6 Å². The molecule has 0 spiro atoms. The van der Waals surface area contributed by atoms with E-state index in [2.05, 4.69) is 4.72 Å². The van der Waals surface area contributed by atoms with Gasteiger partial charge < -0.3 is 5.73 Å². The van der Waals surface area contributed by atoms with Crippen molar-refractivity contribution < 1.29 is 17.2 Å². The smallest absolute Gasteiger partial charge is 0.246 e. The van der Waals surface area contributed by atoms with Crippen LogP contribution in [0.3, 0.4) is 0 Å². The van der Waals surface area contributed by atoms with Gasteiger partial charge in [-0.25, -0.2) is 21.9 Å². The number of benzene rings is 1. The molecule has 112 valence electrons. The highest BCUT2D eigenvalue weighted by atomic mass is 32.2. The number of nitrogens with two attached hydrogens (primary N) is 1. The zero-order valence-electron chi connectivity index (χ0n) is 11.4. The highest BCUT2D eigenvalue weighted by molar-refractivity contribution is 7.89. The summed E-state index contributed by atoms with van der Waals surface area (Å²) in [6, 6.07) is 1.30. The minimum Gasteiger partial charge on any atom is -0.399 e. The third kappa shape index (κ3) is 3.09. The predicted octanol–water partition coefficient (Wildman–Crippen LogP) is 2.40. The normalized spacial score (nSPS) is 22.1. The Kier molecular flexibility index (Phi) is 3.77. The quantitative estimate of drug-likeness (QED) is 0.842. The maximum absolute atomic E-state index is 13.7. The van der Waals surface area contributed by atoms with Gasteiger partial charge in [0.15, 0.2) is 4.90 Å². The summed E-state index contributed by atoms with van der Waals surface area (Å²) in [5.74, 6) is -2.35. The molecule has 2 rings (SSSR count). The molecule has 1 aliphatic carbocycles. The van der Waals surface area contributed by atoms with Gasteiger partial charge in [0.05, 0.1) is 0 Å². The number of nitrogens with one attached hydrogen (secondary N) is 1. The number of rotatable bonds is 3. The van der Waals surface area contributed by atoms with E-state index in [0.29, 0.717) is 12.8 Å². The molecule has 4 nitrogen and oxygen atoms in total. The van der Waals surface area contributed by atoms with Crippen LogP contribution in [0.1, 0.15) is 33.1 Å². The average Bonchev–Trinajstić information content (AvgIpc) is 2.54. The molecule has 7 heteroatoms. The van der Waals surface area contributed by atoms with E-state index in [1.807, 2.05) is 13.8 Å². The van der Waals surface area contributed by atoms with Crippen molar-refractivity contribution in [3.8, 4) is 0 Å². The molecule has 1 saturated carbocycles. The van der Waals surface area contributed by atoms with Crippen LogP contribution < -0.4 is 10.5 Å². The second-order valence-corrected chi connectivity index (χ2v) is 7.69. The minimum absolute atomic E-state index is 0.0331. The molecule has 0 aliphatic heterocycles. The number of halogens is 2. The van der Waals surface area contributed by atoms with Gasteiger partial charge in [-0.05, 0) is 36.8 Å². The molecule has 0 aromatic heterocycles. The van der Waals surface area contributed by atoms with Crippen molar-refractivity contribution in [1.29, 1.82) is 0 Å². The molecule has 0 bridgehead atoms. The fourth-order valence-corrected chi connectivity index (χ4v) is 4.04. The van der Waals surface area contributed by atoms with Gasteiger partial charge in [0, 0.05) is 11.7 Å². The van der Waals surface area contributed by atoms with Gasteiger partial charge in [-0.3, -0.25) is 0 Å². The van der Waals surface area contributed by atoms with E-state index >= 15 is 0 Å². The molecular weight excluding hydrogens is 286 g/mol. The molecular formula is C13H18F2N2O2S. The molecule has 3 N–H and O–H groups in total. The molecule has 20 heavy (non-hydrogen) atoms. The molecule has 1 atom stereocenters. The zero-order valence-corrected chi connectivity index (χ0v) is 12.2. The number of sulfonamides is 1. The van der Waals surface area contributed by atoms with Crippen molar-refractivity contribution in [2.24, 2.45) is 5.41 Å². The third-order valence-corrected chi connectivity index (χ3v) is 5.15. The van der Waals surface area contributed by atoms with Crippen LogP contribution in [0, 0.1) is 17.0 Å². The molecule has 0 heterocycles. The SMILES string of the molecule is CC1(C)CCC(NS(=O)(=O)c2c(F)cc(N)cc2F)C1. The van der Waals surface area contributed by atoms with E-state index in [1.165, 1.54) is 0 Å². The maximum atomic E-state index is 13.7. The summed E-state index contributed by atoms with van der Waals surface area (Å²) in [4.78, 5) is -0.962. The Balaban J connectivity index is 2.28. The van der Waals surface area contributed by atoms with Crippen LogP contribution >= 0.6 is 0 Å². The number of hydrogen-bond acceptors (Lipinski definition) is 3. The summed E-state index contributed by atoms with van der Waals surface area (Å²) in [5, 5.41) is 0. The first kappa shape index (κ1) is 15.2. The zero-order chi connectivity index (χ0) is 15.1. The summed E-state index contributed by atoms with van der Waals surface area (Å²) in [6.07, 6.45) is 2.17. The molecule has 1 aliphatic rings. The van der Waals surface area contributed by atoms with E-state index in [1.54, 1.807) is 0 Å². The van der Waals surface area contributed by atoms with Gasteiger partial charge in [0.1, 0.15) is 11.6 Å². The lowest BCUT2D eigenvalue weighted by Gasteiger charge is -2.18. The monoisotopic (exact) mass is 304 g/mol. The Hall–Kier alpha value is -1.21. The minimum atomic E-state index is -4.23. The van der Waals surface area contributed by atoms with Crippen LogP contribution in [-0.4, -0.2) is 14.5 Å². The fourth-order valence-electron chi connectivity index (χ4n) is 2.65. The van der Waals surface area contributed by atoms with Crippen molar-refractivity contribution >= 4 is 15.7 Å². The fraction of sp³-hybridized carbons (Fsp3) is 0.538. The number of nitrogen functional groups attached to an aromatic ring is 1. The Labute approximate surface area is 117 Å². The van der Waals surface area contributed by atoms with Crippen molar-refractivity contribution in [1.82, 2.24) is 4.72 Å². The van der Waals surface area contributed by atoms with Crippen molar-refractivity contribution in [3.05, 3.63) is 23.8 Å². The van der Waals surface area contributed by atoms with Crippen LogP contribution in [0.4, 0.5) is 14.5 Å². The molecule has 1 aromatic rings. The van der Waals surface area contributed by atoms with Crippen LogP contribution in [0.2, 0.25) is 0 Å². The van der Waals surface area contributed by atoms with E-state index in [-0.39, 0.29) is 17.1 Å². The standard InChI is InChI=1S/C13H18F2N2O2S/c1-13(2)4-3-9(7-13)17-20(18,19)12-10(14)5-8(16)6-11(12)15/h5-6,9,17H,3-4,7,16H2,1-2H3. The Morgan fingerprint density at radius 3 is 2.30 bits per heavy atom. The highest BCUT2D eigenvalue weighted by Gasteiger charge is 2.35. The summed E-state index contributed by atoms with van der Waals surface area (Å²) in [6.45, 7) is 4.07. The van der Waals surface area contributed by atoms with Crippen molar-refractivity contribution in [2.75, 3.05) is 5.73 Å². The Bertz CT molecular complexity index is 606. The van der Waals surface area contributed by atoms with Gasteiger partial charge in [0.2, 0.25) is 10.0 Å². The first-order valence-electron chi connectivity index (χ1n) is 6.38. The lowest BCUT2D eigenvalue weighted by Crippen LogP contribution is -2.34. The van der Waals surface area contributed by atoms with E-state index < -0.39 is 26.6 Å². The summed E-state index contributed by atoms with van der Waals surface area (Å²) in [7, 11) is -4.23. The van der Waals surface area contributed by atoms with E-state index in [4.69, 9.17) is 5.73 Å². The highest BCUT2D eigenvalue weighted by Crippen LogP contribution is 2.37. The molecule has 0 saturated heterocycles. The molecule has 1 unspecified atom stereocenters. The van der Waals surface area contributed by atoms with Crippen LogP contribution in [0.25, 0.3) is 0 Å². The Morgan fingerprint density at radius 2 is 1.85 bits per heavy atom. The summed E-state index contributed by atoms with van der Waals surface area (Å²) < 4.78 is 54.0. The van der Waals surface area contributed by atoms with Crippen LogP contribution in [0.5, 0.6) is 0 Å². The third-order valence-electron chi connectivity index (χ3n) is 3.58. The molecule has 0 amide bonds. The molecule has 0 radical (unpaired) electrons. The predicted molar refractivity (Wildman–Crippen MR) is 72.5 cm³/mol. The van der Waals surface area contributed by atoms with Gasteiger partial charge >= 0.3 is 0 Å². The largest absolute Gasteiger partial charge is 0.399 e. The van der Waals surface area contributed by atoms with Crippen molar-refractivity contribution in [3.63, 3.8) is 0 Å². The Morgan fingerprint density at radius 1 is 1.30 bits per heavy atom. The van der Waals surface area contributed by atoms with Crippen LogP contribution in [-0.2, 0) is 10.0 Å². The van der Waals surface area contributed by atoms with Gasteiger partial charge in [0.25, 0.3) is 0 Å². The van der Waals surface area contributed by atoms with Gasteiger partial charge in [-0.2, -0.15) is 0 Å². The second-order valence-electron chi connectivity index (χ2n) is 6.04. The van der Waals surface area contributed by atoms with Crippen LogP contribution in [0.15, 0.2) is 17.0 Å². The lowest BCUT2D eigenvalue weighted by molar-refractivity contribution is 0.372. The molecule has 1 fully saturated rings. The first-order valence-corrected chi connectivity index (χ1v) is 7.86. The number of hydrogen-bond donors (Lipinski definition) is 2. The van der Waals surface area contributed by atoms with Gasteiger partial charge in [-0.15, -0.1) is 0 Å². The molecule has 1 aromatic carbocycles. The average molecular weight is 304 g/mol. The first-order chi connectivity index (χ1) is 9.11. The second kappa shape index (κ2) is 4.96. The summed E-state index contributed by atoms with van der Waals surface area (Å²) >= 11 is 0.